The minimum absolute atomic E-state index is 0.437. The van der Waals surface area contributed by atoms with Crippen LogP contribution in [0.15, 0.2) is 52.3 Å². The Morgan fingerprint density at radius 1 is 1.15 bits per heavy atom. The summed E-state index contributed by atoms with van der Waals surface area (Å²) in [6, 6.07) is 13.6. The van der Waals surface area contributed by atoms with Crippen molar-refractivity contribution < 1.29 is 0 Å². The second kappa shape index (κ2) is 6.83. The predicted octanol–water partition coefficient (Wildman–Crippen LogP) is 5.36. The van der Waals surface area contributed by atoms with Gasteiger partial charge in [-0.15, -0.1) is 16.4 Å². The lowest BCUT2D eigenvalue weighted by molar-refractivity contribution is 0.806. The first-order valence-corrected chi connectivity index (χ1v) is 9.78. The number of nitrogen functional groups attached to an aromatic ring is 1. The van der Waals surface area contributed by atoms with Crippen LogP contribution in [0.25, 0.3) is 27.6 Å². The van der Waals surface area contributed by atoms with E-state index < -0.39 is 0 Å². The molecule has 0 radical (unpaired) electrons. The smallest absolute Gasteiger partial charge is 0.165 e. The highest BCUT2D eigenvalue weighted by atomic mass is 79.9. The molecule has 26 heavy (non-hydrogen) atoms. The molecule has 4 rings (SSSR count). The van der Waals surface area contributed by atoms with Gasteiger partial charge in [-0.05, 0) is 36.8 Å². The van der Waals surface area contributed by atoms with Crippen molar-refractivity contribution in [2.75, 3.05) is 5.73 Å². The van der Waals surface area contributed by atoms with E-state index in [1.165, 1.54) is 11.3 Å². The number of nitrogens with two attached hydrogens (primary N) is 1. The van der Waals surface area contributed by atoms with Crippen LogP contribution in [-0.2, 0) is 0 Å². The second-order valence-electron chi connectivity index (χ2n) is 5.66. The van der Waals surface area contributed by atoms with E-state index in [2.05, 4.69) is 31.2 Å². The number of hydrogen-bond acceptors (Lipinski definition) is 5. The van der Waals surface area contributed by atoms with E-state index in [9.17, 15) is 0 Å². The molecule has 0 aliphatic heterocycles. The van der Waals surface area contributed by atoms with Gasteiger partial charge in [0.1, 0.15) is 5.01 Å². The van der Waals surface area contributed by atoms with Crippen molar-refractivity contribution in [1.29, 1.82) is 0 Å². The first-order valence-electron chi connectivity index (χ1n) is 7.73. The molecule has 0 atom stereocenters. The van der Waals surface area contributed by atoms with E-state index in [4.69, 9.17) is 17.3 Å². The van der Waals surface area contributed by atoms with Gasteiger partial charge in [-0.3, -0.25) is 0 Å². The Hall–Kier alpha value is -2.22. The minimum atomic E-state index is 0.437. The number of anilines is 1. The quantitative estimate of drug-likeness (QED) is 0.459. The fourth-order valence-corrected chi connectivity index (χ4v) is 3.83. The standard InChI is InChI=1S/C18H13BrClN5S/c1-10-13(20)3-2-4-15(10)25-17(21)16(23-24-25)18-22-14(9-26-18)11-5-7-12(19)8-6-11/h2-9H,21H2,1H3. The number of nitrogens with zero attached hydrogens (tertiary/aromatic N) is 4. The monoisotopic (exact) mass is 445 g/mol. The number of hydrogen-bond donors (Lipinski definition) is 1. The Morgan fingerprint density at radius 3 is 2.69 bits per heavy atom. The van der Waals surface area contributed by atoms with Gasteiger partial charge in [0.25, 0.3) is 0 Å². The average Bonchev–Trinajstić information content (AvgIpc) is 3.25. The number of halogens is 2. The van der Waals surface area contributed by atoms with Gasteiger partial charge in [-0.2, -0.15) is 4.68 Å². The van der Waals surface area contributed by atoms with Gasteiger partial charge >= 0.3 is 0 Å². The topological polar surface area (TPSA) is 69.6 Å². The molecule has 0 amide bonds. The van der Waals surface area contributed by atoms with Crippen molar-refractivity contribution in [3.63, 3.8) is 0 Å². The summed E-state index contributed by atoms with van der Waals surface area (Å²) in [6.45, 7) is 1.92. The van der Waals surface area contributed by atoms with E-state index in [0.29, 0.717) is 16.5 Å². The van der Waals surface area contributed by atoms with Crippen molar-refractivity contribution in [2.45, 2.75) is 6.92 Å². The minimum Gasteiger partial charge on any atom is -0.382 e. The van der Waals surface area contributed by atoms with E-state index >= 15 is 0 Å². The maximum absolute atomic E-state index is 6.31. The third kappa shape index (κ3) is 3.02. The fraction of sp³-hybridized carbons (Fsp3) is 0.0556. The Bertz CT molecular complexity index is 1090. The number of rotatable bonds is 3. The van der Waals surface area contributed by atoms with E-state index in [0.717, 1.165) is 32.0 Å². The van der Waals surface area contributed by atoms with Crippen LogP contribution in [0.4, 0.5) is 5.82 Å². The summed E-state index contributed by atoms with van der Waals surface area (Å²) in [5.41, 5.74) is 10.5. The lowest BCUT2D eigenvalue weighted by Crippen LogP contribution is -2.04. The van der Waals surface area contributed by atoms with Crippen LogP contribution in [-0.4, -0.2) is 20.0 Å². The fourth-order valence-electron chi connectivity index (χ4n) is 2.58. The summed E-state index contributed by atoms with van der Waals surface area (Å²) in [7, 11) is 0. The van der Waals surface area contributed by atoms with Crippen molar-refractivity contribution in [2.24, 2.45) is 0 Å². The normalized spacial score (nSPS) is 11.0. The molecule has 2 aromatic carbocycles. The summed E-state index contributed by atoms with van der Waals surface area (Å²) in [4.78, 5) is 4.67. The van der Waals surface area contributed by atoms with Crippen LogP contribution in [0.5, 0.6) is 0 Å². The maximum atomic E-state index is 6.31. The molecule has 0 spiro atoms. The lowest BCUT2D eigenvalue weighted by Gasteiger charge is -2.07. The highest BCUT2D eigenvalue weighted by Crippen LogP contribution is 2.33. The third-order valence-electron chi connectivity index (χ3n) is 4.02. The first-order chi connectivity index (χ1) is 12.5. The second-order valence-corrected chi connectivity index (χ2v) is 7.84. The molecule has 4 aromatic rings. The number of aromatic nitrogens is 4. The lowest BCUT2D eigenvalue weighted by atomic mass is 10.2. The van der Waals surface area contributed by atoms with Crippen LogP contribution in [0.2, 0.25) is 5.02 Å². The molecule has 0 unspecified atom stereocenters. The molecule has 130 valence electrons. The summed E-state index contributed by atoms with van der Waals surface area (Å²) in [5.74, 6) is 0.437. The number of benzene rings is 2. The molecule has 0 saturated carbocycles. The van der Waals surface area contributed by atoms with Gasteiger partial charge < -0.3 is 5.73 Å². The molecule has 0 bridgehead atoms. The summed E-state index contributed by atoms with van der Waals surface area (Å²) in [6.07, 6.45) is 0. The van der Waals surface area contributed by atoms with Crippen molar-refractivity contribution >= 4 is 44.7 Å². The molecule has 0 saturated heterocycles. The highest BCUT2D eigenvalue weighted by Gasteiger charge is 2.18. The maximum Gasteiger partial charge on any atom is 0.165 e. The molecule has 0 aliphatic carbocycles. The Kier molecular flexibility index (Phi) is 4.52. The average molecular weight is 447 g/mol. The van der Waals surface area contributed by atoms with Crippen molar-refractivity contribution in [1.82, 2.24) is 20.0 Å². The van der Waals surface area contributed by atoms with Crippen LogP contribution in [0, 0.1) is 6.92 Å². The Labute approximate surface area is 167 Å². The molecule has 2 aromatic heterocycles. The van der Waals surface area contributed by atoms with Crippen molar-refractivity contribution in [3.8, 4) is 27.6 Å². The highest BCUT2D eigenvalue weighted by molar-refractivity contribution is 9.10. The largest absolute Gasteiger partial charge is 0.382 e. The summed E-state index contributed by atoms with van der Waals surface area (Å²) >= 11 is 11.1. The first kappa shape index (κ1) is 17.2. The molecule has 2 heterocycles. The van der Waals surface area contributed by atoms with E-state index in [1.807, 2.05) is 54.8 Å². The van der Waals surface area contributed by atoms with Crippen LogP contribution in [0.3, 0.4) is 0 Å². The van der Waals surface area contributed by atoms with Gasteiger partial charge in [0.05, 0.1) is 11.4 Å². The predicted molar refractivity (Wildman–Crippen MR) is 110 cm³/mol. The molecular weight excluding hydrogens is 434 g/mol. The molecule has 0 fully saturated rings. The van der Waals surface area contributed by atoms with Crippen molar-refractivity contribution in [3.05, 3.63) is 62.9 Å². The summed E-state index contributed by atoms with van der Waals surface area (Å²) in [5, 5.41) is 11.8. The summed E-state index contributed by atoms with van der Waals surface area (Å²) < 4.78 is 2.62. The molecule has 8 heteroatoms. The zero-order chi connectivity index (χ0) is 18.3. The number of thiazole rings is 1. The van der Waals surface area contributed by atoms with Gasteiger partial charge in [0.15, 0.2) is 11.5 Å². The van der Waals surface area contributed by atoms with Crippen LogP contribution >= 0.6 is 38.9 Å². The molecule has 0 aliphatic rings. The van der Waals surface area contributed by atoms with Gasteiger partial charge in [0.2, 0.25) is 0 Å². The van der Waals surface area contributed by atoms with E-state index in [1.54, 1.807) is 4.68 Å². The zero-order valence-corrected chi connectivity index (χ0v) is 16.8. The van der Waals surface area contributed by atoms with Crippen LogP contribution < -0.4 is 5.73 Å². The van der Waals surface area contributed by atoms with Gasteiger partial charge in [0, 0.05) is 20.4 Å². The Balaban J connectivity index is 1.73. The molecular formula is C18H13BrClN5S. The van der Waals surface area contributed by atoms with Crippen LogP contribution in [0.1, 0.15) is 5.56 Å². The third-order valence-corrected chi connectivity index (χ3v) is 5.81. The SMILES string of the molecule is Cc1c(Cl)cccc1-n1nnc(-c2nc(-c3ccc(Br)cc3)cs2)c1N. The molecule has 5 nitrogen and oxygen atoms in total. The Morgan fingerprint density at radius 2 is 1.92 bits per heavy atom. The molecule has 2 N–H and O–H groups in total. The zero-order valence-electron chi connectivity index (χ0n) is 13.6. The van der Waals surface area contributed by atoms with Gasteiger partial charge in [-0.1, -0.05) is 50.9 Å². The van der Waals surface area contributed by atoms with E-state index in [-0.39, 0.29) is 0 Å². The van der Waals surface area contributed by atoms with Gasteiger partial charge in [-0.25, -0.2) is 4.98 Å².